The van der Waals surface area contributed by atoms with E-state index < -0.39 is 5.63 Å². The zero-order chi connectivity index (χ0) is 13.2. The van der Waals surface area contributed by atoms with Gasteiger partial charge in [-0.05, 0) is 18.4 Å². The number of nitrogens with zero attached hydrogens (tertiary/aromatic N) is 2. The molecule has 0 unspecified atom stereocenters. The predicted molar refractivity (Wildman–Crippen MR) is 74.7 cm³/mol. The Morgan fingerprint density at radius 1 is 1.16 bits per heavy atom. The molecule has 2 heterocycles. The van der Waals surface area contributed by atoms with Gasteiger partial charge in [-0.3, -0.25) is 0 Å². The zero-order valence-electron chi connectivity index (χ0n) is 10.3. The van der Waals surface area contributed by atoms with Gasteiger partial charge in [0.1, 0.15) is 10.7 Å². The Labute approximate surface area is 115 Å². The van der Waals surface area contributed by atoms with Crippen LogP contribution in [0.2, 0.25) is 5.15 Å². The normalized spacial score (nSPS) is 14.9. The van der Waals surface area contributed by atoms with Crippen LogP contribution in [0.5, 0.6) is 0 Å². The first-order valence-corrected chi connectivity index (χ1v) is 6.64. The van der Waals surface area contributed by atoms with Gasteiger partial charge in [-0.2, -0.15) is 4.98 Å². The molecule has 0 saturated carbocycles. The third-order valence-electron chi connectivity index (χ3n) is 3.23. The predicted octanol–water partition coefficient (Wildman–Crippen LogP) is 2.96. The molecule has 1 fully saturated rings. The molecule has 0 N–H and O–H groups in total. The second-order valence-corrected chi connectivity index (χ2v) is 4.87. The second kappa shape index (κ2) is 5.05. The van der Waals surface area contributed by atoms with Crippen LogP contribution < -0.4 is 10.5 Å². The van der Waals surface area contributed by atoms with Gasteiger partial charge in [-0.25, -0.2) is 4.79 Å². The van der Waals surface area contributed by atoms with Crippen LogP contribution in [0.4, 0.5) is 6.01 Å². The fraction of sp³-hybridized carbons (Fsp3) is 0.286. The summed E-state index contributed by atoms with van der Waals surface area (Å²) in [5, 5.41) is 0.198. The van der Waals surface area contributed by atoms with E-state index in [0.29, 0.717) is 11.6 Å². The van der Waals surface area contributed by atoms with Crippen molar-refractivity contribution in [1.29, 1.82) is 0 Å². The maximum atomic E-state index is 12.1. The molecule has 5 heteroatoms. The molecule has 19 heavy (non-hydrogen) atoms. The zero-order valence-corrected chi connectivity index (χ0v) is 11.1. The lowest BCUT2D eigenvalue weighted by atomic mass is 10.1. The quantitative estimate of drug-likeness (QED) is 0.846. The minimum absolute atomic E-state index is 0.198. The number of benzene rings is 1. The summed E-state index contributed by atoms with van der Waals surface area (Å²) in [6.45, 7) is 1.72. The molecule has 1 aliphatic heterocycles. The van der Waals surface area contributed by atoms with Crippen molar-refractivity contribution < 1.29 is 4.42 Å². The van der Waals surface area contributed by atoms with Crippen molar-refractivity contribution in [1.82, 2.24) is 4.98 Å². The summed E-state index contributed by atoms with van der Waals surface area (Å²) < 4.78 is 5.30. The molecule has 1 aromatic heterocycles. The molecular weight excluding hydrogens is 264 g/mol. The van der Waals surface area contributed by atoms with Gasteiger partial charge in [0.05, 0.1) is 0 Å². The molecule has 1 aliphatic rings. The van der Waals surface area contributed by atoms with E-state index in [1.807, 2.05) is 35.2 Å². The summed E-state index contributed by atoms with van der Waals surface area (Å²) >= 11 is 6.15. The van der Waals surface area contributed by atoms with Crippen LogP contribution in [0.15, 0.2) is 39.5 Å². The number of rotatable bonds is 2. The third kappa shape index (κ3) is 2.36. The summed E-state index contributed by atoms with van der Waals surface area (Å²) in [4.78, 5) is 18.3. The lowest BCUT2D eigenvalue weighted by molar-refractivity contribution is 0.488. The summed E-state index contributed by atoms with van der Waals surface area (Å²) in [6.07, 6.45) is 2.17. The Morgan fingerprint density at radius 3 is 2.47 bits per heavy atom. The smallest absolute Gasteiger partial charge is 0.349 e. The van der Waals surface area contributed by atoms with Crippen molar-refractivity contribution >= 4 is 17.6 Å². The highest BCUT2D eigenvalue weighted by Gasteiger charge is 2.20. The number of halogens is 1. The van der Waals surface area contributed by atoms with E-state index in [-0.39, 0.29) is 5.15 Å². The van der Waals surface area contributed by atoms with E-state index >= 15 is 0 Å². The molecule has 3 rings (SSSR count). The molecule has 0 amide bonds. The Hall–Kier alpha value is -1.81. The van der Waals surface area contributed by atoms with Crippen molar-refractivity contribution in [2.45, 2.75) is 12.8 Å². The van der Waals surface area contributed by atoms with Crippen molar-refractivity contribution in [3.63, 3.8) is 0 Å². The maximum absolute atomic E-state index is 12.1. The average molecular weight is 277 g/mol. The fourth-order valence-electron chi connectivity index (χ4n) is 2.27. The number of anilines is 1. The first-order chi connectivity index (χ1) is 9.25. The third-order valence-corrected chi connectivity index (χ3v) is 3.50. The number of hydrogen-bond donors (Lipinski definition) is 0. The summed E-state index contributed by atoms with van der Waals surface area (Å²) in [5.41, 5.74) is 0.611. The average Bonchev–Trinajstić information content (AvgIpc) is 2.93. The van der Waals surface area contributed by atoms with Gasteiger partial charge in [0, 0.05) is 13.1 Å². The van der Waals surface area contributed by atoms with Crippen molar-refractivity contribution in [2.75, 3.05) is 18.0 Å². The molecule has 1 saturated heterocycles. The highest BCUT2D eigenvalue weighted by Crippen LogP contribution is 2.26. The Balaban J connectivity index is 2.06. The standard InChI is InChI=1S/C14H13ClN2O2/c15-12-11(10-6-2-1-3-7-10)13(18)19-14(16-12)17-8-4-5-9-17/h1-3,6-7H,4-5,8-9H2. The molecule has 98 valence electrons. The van der Waals surface area contributed by atoms with Gasteiger partial charge in [-0.1, -0.05) is 41.9 Å². The van der Waals surface area contributed by atoms with Crippen LogP contribution in [0.25, 0.3) is 11.1 Å². The van der Waals surface area contributed by atoms with Crippen LogP contribution in [0.3, 0.4) is 0 Å². The highest BCUT2D eigenvalue weighted by molar-refractivity contribution is 6.32. The van der Waals surface area contributed by atoms with E-state index in [1.165, 1.54) is 0 Å². The molecule has 0 aliphatic carbocycles. The van der Waals surface area contributed by atoms with Crippen molar-refractivity contribution in [3.05, 3.63) is 45.9 Å². The molecule has 0 atom stereocenters. The van der Waals surface area contributed by atoms with Crippen LogP contribution in [-0.2, 0) is 0 Å². The fourth-order valence-corrected chi connectivity index (χ4v) is 2.52. The van der Waals surface area contributed by atoms with E-state index in [2.05, 4.69) is 4.98 Å². The number of hydrogen-bond acceptors (Lipinski definition) is 4. The maximum Gasteiger partial charge on any atom is 0.349 e. The minimum Gasteiger partial charge on any atom is -0.388 e. The Morgan fingerprint density at radius 2 is 1.84 bits per heavy atom. The largest absolute Gasteiger partial charge is 0.388 e. The van der Waals surface area contributed by atoms with Gasteiger partial charge in [-0.15, -0.1) is 0 Å². The Bertz CT molecular complexity index is 634. The van der Waals surface area contributed by atoms with E-state index in [1.54, 1.807) is 0 Å². The van der Waals surface area contributed by atoms with Crippen molar-refractivity contribution in [3.8, 4) is 11.1 Å². The first-order valence-electron chi connectivity index (χ1n) is 6.27. The first kappa shape index (κ1) is 12.2. The van der Waals surface area contributed by atoms with Crippen LogP contribution in [0.1, 0.15) is 12.8 Å². The van der Waals surface area contributed by atoms with Crippen LogP contribution >= 0.6 is 11.6 Å². The minimum atomic E-state index is -0.437. The van der Waals surface area contributed by atoms with E-state index in [4.69, 9.17) is 16.0 Å². The lowest BCUT2D eigenvalue weighted by Gasteiger charge is -2.14. The van der Waals surface area contributed by atoms with E-state index in [9.17, 15) is 4.79 Å². The van der Waals surface area contributed by atoms with Gasteiger partial charge < -0.3 is 9.32 Å². The molecule has 4 nitrogen and oxygen atoms in total. The summed E-state index contributed by atoms with van der Waals surface area (Å²) in [5.74, 6) is 0. The van der Waals surface area contributed by atoms with Gasteiger partial charge in [0.25, 0.3) is 0 Å². The molecular formula is C14H13ClN2O2. The number of aromatic nitrogens is 1. The summed E-state index contributed by atoms with van der Waals surface area (Å²) in [6, 6.07) is 9.53. The molecule has 0 bridgehead atoms. The van der Waals surface area contributed by atoms with Crippen molar-refractivity contribution in [2.24, 2.45) is 0 Å². The highest BCUT2D eigenvalue weighted by atomic mass is 35.5. The van der Waals surface area contributed by atoms with Gasteiger partial charge in [0.15, 0.2) is 0 Å². The monoisotopic (exact) mass is 276 g/mol. The SMILES string of the molecule is O=c1oc(N2CCCC2)nc(Cl)c1-c1ccccc1. The molecule has 0 radical (unpaired) electrons. The van der Waals surface area contributed by atoms with Gasteiger partial charge >= 0.3 is 11.6 Å². The van der Waals surface area contributed by atoms with Gasteiger partial charge in [0.2, 0.25) is 0 Å². The molecule has 1 aromatic carbocycles. The van der Waals surface area contributed by atoms with Crippen LogP contribution in [0, 0.1) is 0 Å². The van der Waals surface area contributed by atoms with Crippen LogP contribution in [-0.4, -0.2) is 18.1 Å². The van der Waals surface area contributed by atoms with E-state index in [0.717, 1.165) is 31.5 Å². The lowest BCUT2D eigenvalue weighted by Crippen LogP contribution is -2.21. The second-order valence-electron chi connectivity index (χ2n) is 4.51. The topological polar surface area (TPSA) is 46.3 Å². The Kier molecular flexibility index (Phi) is 3.25. The molecule has 0 spiro atoms. The molecule has 2 aromatic rings. The summed E-state index contributed by atoms with van der Waals surface area (Å²) in [7, 11) is 0.